The summed E-state index contributed by atoms with van der Waals surface area (Å²) in [6, 6.07) is 14.0. The van der Waals surface area contributed by atoms with Crippen LogP contribution in [0, 0.1) is 5.92 Å². The molecule has 0 aliphatic carbocycles. The van der Waals surface area contributed by atoms with Crippen LogP contribution in [0.25, 0.3) is 0 Å². The van der Waals surface area contributed by atoms with Crippen LogP contribution >= 0.6 is 0 Å². The van der Waals surface area contributed by atoms with Crippen molar-refractivity contribution in [1.82, 2.24) is 10.2 Å². The van der Waals surface area contributed by atoms with Crippen LogP contribution in [-0.2, 0) is 10.2 Å². The SMILES string of the molecule is COc1ccc(C(=O)C2CCN(C(=O)C(C)NC(=O)c3ccc(C(C)(C)C)cc3)CC2)cc1. The number of nitrogens with zero attached hydrogens (tertiary/aromatic N) is 1. The number of hydrogen-bond acceptors (Lipinski definition) is 4. The van der Waals surface area contributed by atoms with Gasteiger partial charge in [-0.3, -0.25) is 14.4 Å². The van der Waals surface area contributed by atoms with Crippen LogP contribution in [0.5, 0.6) is 5.75 Å². The number of rotatable bonds is 6. The zero-order valence-electron chi connectivity index (χ0n) is 20.2. The molecular formula is C27H34N2O4. The van der Waals surface area contributed by atoms with E-state index in [9.17, 15) is 14.4 Å². The van der Waals surface area contributed by atoms with E-state index in [1.54, 1.807) is 55.3 Å². The van der Waals surface area contributed by atoms with Gasteiger partial charge in [0.1, 0.15) is 11.8 Å². The van der Waals surface area contributed by atoms with E-state index >= 15 is 0 Å². The van der Waals surface area contributed by atoms with E-state index in [0.717, 1.165) is 5.56 Å². The molecule has 1 atom stereocenters. The fourth-order valence-electron chi connectivity index (χ4n) is 4.09. The Balaban J connectivity index is 1.52. The molecule has 0 spiro atoms. The lowest BCUT2D eigenvalue weighted by Gasteiger charge is -2.33. The van der Waals surface area contributed by atoms with E-state index in [1.807, 2.05) is 12.1 Å². The highest BCUT2D eigenvalue weighted by molar-refractivity contribution is 5.99. The quantitative estimate of drug-likeness (QED) is 0.668. The zero-order valence-corrected chi connectivity index (χ0v) is 20.2. The Kier molecular flexibility index (Phi) is 7.57. The molecule has 176 valence electrons. The number of carbonyl (C=O) groups excluding carboxylic acids is 3. The summed E-state index contributed by atoms with van der Waals surface area (Å²) in [5.74, 6) is 0.331. The summed E-state index contributed by atoms with van der Waals surface area (Å²) in [7, 11) is 1.59. The number of hydrogen-bond donors (Lipinski definition) is 1. The maximum absolute atomic E-state index is 12.9. The number of benzene rings is 2. The van der Waals surface area contributed by atoms with Crippen molar-refractivity contribution < 1.29 is 19.1 Å². The van der Waals surface area contributed by atoms with Crippen molar-refractivity contribution >= 4 is 17.6 Å². The molecule has 0 bridgehead atoms. The van der Waals surface area contributed by atoms with Gasteiger partial charge in [-0.05, 0) is 67.1 Å². The van der Waals surface area contributed by atoms with Gasteiger partial charge in [-0.2, -0.15) is 0 Å². The Bertz CT molecular complexity index is 982. The predicted molar refractivity (Wildman–Crippen MR) is 129 cm³/mol. The second-order valence-corrected chi connectivity index (χ2v) is 9.71. The number of nitrogens with one attached hydrogen (secondary N) is 1. The molecule has 6 nitrogen and oxygen atoms in total. The first kappa shape index (κ1) is 24.5. The molecule has 2 aromatic rings. The highest BCUT2D eigenvalue weighted by Crippen LogP contribution is 2.24. The normalized spacial score (nSPS) is 15.6. The molecule has 6 heteroatoms. The van der Waals surface area contributed by atoms with Crippen LogP contribution in [0.1, 0.15) is 66.8 Å². The van der Waals surface area contributed by atoms with E-state index in [1.165, 1.54) is 0 Å². The minimum absolute atomic E-state index is 0.0130. The van der Waals surface area contributed by atoms with Crippen molar-refractivity contribution in [3.05, 3.63) is 65.2 Å². The van der Waals surface area contributed by atoms with Crippen molar-refractivity contribution in [3.63, 3.8) is 0 Å². The standard InChI is InChI=1S/C27H34N2O4/c1-18(28-25(31)21-6-10-22(11-7-21)27(2,3)4)26(32)29-16-14-20(15-17-29)24(30)19-8-12-23(33-5)13-9-19/h6-13,18,20H,14-17H2,1-5H3,(H,28,31). The van der Waals surface area contributed by atoms with Gasteiger partial charge in [-0.25, -0.2) is 0 Å². The fourth-order valence-corrected chi connectivity index (χ4v) is 4.09. The lowest BCUT2D eigenvalue weighted by Crippen LogP contribution is -2.49. The van der Waals surface area contributed by atoms with Gasteiger partial charge in [-0.1, -0.05) is 32.9 Å². The minimum Gasteiger partial charge on any atom is -0.497 e. The molecule has 2 amide bonds. The number of amides is 2. The molecule has 1 aliphatic rings. The number of carbonyl (C=O) groups is 3. The summed E-state index contributed by atoms with van der Waals surface area (Å²) >= 11 is 0. The maximum atomic E-state index is 12.9. The molecule has 33 heavy (non-hydrogen) atoms. The van der Waals surface area contributed by atoms with E-state index < -0.39 is 6.04 Å². The number of piperidine rings is 1. The summed E-state index contributed by atoms with van der Waals surface area (Å²) in [6.07, 6.45) is 1.23. The van der Waals surface area contributed by atoms with Crippen LogP contribution in [-0.4, -0.2) is 48.7 Å². The third kappa shape index (κ3) is 6.01. The molecule has 1 unspecified atom stereocenters. The first-order valence-electron chi connectivity index (χ1n) is 11.5. The Morgan fingerprint density at radius 2 is 1.48 bits per heavy atom. The van der Waals surface area contributed by atoms with Crippen molar-refractivity contribution in [1.29, 1.82) is 0 Å². The molecule has 1 N–H and O–H groups in total. The van der Waals surface area contributed by atoms with E-state index in [-0.39, 0.29) is 28.9 Å². The Morgan fingerprint density at radius 1 is 0.939 bits per heavy atom. The third-order valence-corrected chi connectivity index (χ3v) is 6.28. The predicted octanol–water partition coefficient (Wildman–Crippen LogP) is 4.23. The van der Waals surface area contributed by atoms with Gasteiger partial charge in [0.2, 0.25) is 5.91 Å². The van der Waals surface area contributed by atoms with Crippen molar-refractivity contribution in [2.45, 2.75) is 52.0 Å². The van der Waals surface area contributed by atoms with Crippen LogP contribution in [0.15, 0.2) is 48.5 Å². The third-order valence-electron chi connectivity index (χ3n) is 6.28. The van der Waals surface area contributed by atoms with E-state index in [4.69, 9.17) is 4.74 Å². The zero-order chi connectivity index (χ0) is 24.2. The van der Waals surface area contributed by atoms with Crippen molar-refractivity contribution in [3.8, 4) is 5.75 Å². The molecule has 0 aromatic heterocycles. The van der Waals surface area contributed by atoms with Gasteiger partial charge >= 0.3 is 0 Å². The number of likely N-dealkylation sites (tertiary alicyclic amines) is 1. The molecule has 0 radical (unpaired) electrons. The summed E-state index contributed by atoms with van der Waals surface area (Å²) in [5, 5.41) is 2.81. The second kappa shape index (κ2) is 10.2. The molecule has 1 heterocycles. The number of ether oxygens (including phenoxy) is 1. The molecule has 1 saturated heterocycles. The summed E-state index contributed by atoms with van der Waals surface area (Å²) in [4.78, 5) is 40.0. The molecular weight excluding hydrogens is 416 g/mol. The minimum atomic E-state index is -0.631. The topological polar surface area (TPSA) is 75.7 Å². The second-order valence-electron chi connectivity index (χ2n) is 9.71. The van der Waals surface area contributed by atoms with Gasteiger partial charge in [-0.15, -0.1) is 0 Å². The Hall–Kier alpha value is -3.15. The molecule has 0 saturated carbocycles. The largest absolute Gasteiger partial charge is 0.497 e. The monoisotopic (exact) mass is 450 g/mol. The maximum Gasteiger partial charge on any atom is 0.251 e. The average molecular weight is 451 g/mol. The Labute approximate surface area is 196 Å². The lowest BCUT2D eigenvalue weighted by molar-refractivity contribution is -0.134. The van der Waals surface area contributed by atoms with Crippen LogP contribution in [0.4, 0.5) is 0 Å². The molecule has 1 aliphatic heterocycles. The van der Waals surface area contributed by atoms with Gasteiger partial charge in [0.25, 0.3) is 5.91 Å². The average Bonchev–Trinajstić information content (AvgIpc) is 2.82. The van der Waals surface area contributed by atoms with Crippen molar-refractivity contribution in [2.24, 2.45) is 5.92 Å². The van der Waals surface area contributed by atoms with E-state index in [2.05, 4.69) is 26.1 Å². The van der Waals surface area contributed by atoms with Crippen LogP contribution in [0.2, 0.25) is 0 Å². The number of ketones is 1. The number of methoxy groups -OCH3 is 1. The Morgan fingerprint density at radius 3 is 2.00 bits per heavy atom. The van der Waals surface area contributed by atoms with Gasteiger partial charge < -0.3 is 15.0 Å². The van der Waals surface area contributed by atoms with Gasteiger partial charge in [0, 0.05) is 30.1 Å². The van der Waals surface area contributed by atoms with Gasteiger partial charge in [0.15, 0.2) is 5.78 Å². The highest BCUT2D eigenvalue weighted by Gasteiger charge is 2.30. The lowest BCUT2D eigenvalue weighted by atomic mass is 9.86. The smallest absolute Gasteiger partial charge is 0.251 e. The van der Waals surface area contributed by atoms with Crippen LogP contribution in [0.3, 0.4) is 0 Å². The summed E-state index contributed by atoms with van der Waals surface area (Å²) < 4.78 is 5.15. The molecule has 2 aromatic carbocycles. The van der Waals surface area contributed by atoms with Crippen molar-refractivity contribution in [2.75, 3.05) is 20.2 Å². The fraction of sp³-hybridized carbons (Fsp3) is 0.444. The van der Waals surface area contributed by atoms with Crippen LogP contribution < -0.4 is 10.1 Å². The number of Topliss-reactive ketones (excluding diaryl/α,β-unsaturated/α-hetero) is 1. The van der Waals surface area contributed by atoms with E-state index in [0.29, 0.717) is 42.8 Å². The molecule has 1 fully saturated rings. The highest BCUT2D eigenvalue weighted by atomic mass is 16.5. The first-order valence-corrected chi connectivity index (χ1v) is 11.5. The summed E-state index contributed by atoms with van der Waals surface area (Å²) in [6.45, 7) is 9.08. The summed E-state index contributed by atoms with van der Waals surface area (Å²) in [5.41, 5.74) is 2.36. The van der Waals surface area contributed by atoms with Gasteiger partial charge in [0.05, 0.1) is 7.11 Å². The first-order chi connectivity index (χ1) is 15.6. The molecule has 3 rings (SSSR count).